The number of amides is 4. The molecule has 232 valence electrons. The van der Waals surface area contributed by atoms with Gasteiger partial charge < -0.3 is 20.4 Å². The first-order valence-electron chi connectivity index (χ1n) is 15.2. The van der Waals surface area contributed by atoms with Gasteiger partial charge in [-0.15, -0.1) is 0 Å². The Morgan fingerprint density at radius 1 is 0.907 bits per heavy atom. The Balaban J connectivity index is 1.16. The van der Waals surface area contributed by atoms with Crippen LogP contribution < -0.4 is 15.5 Å². The molecule has 0 saturated carbocycles. The maximum absolute atomic E-state index is 13.8. The Bertz CT molecular complexity index is 1340. The van der Waals surface area contributed by atoms with Crippen LogP contribution in [-0.4, -0.2) is 71.9 Å². The monoisotopic (exact) mass is 647 g/mol. The molecule has 3 fully saturated rings. The third kappa shape index (κ3) is 7.77. The van der Waals surface area contributed by atoms with Gasteiger partial charge in [0.1, 0.15) is 0 Å². The summed E-state index contributed by atoms with van der Waals surface area (Å²) in [5.74, 6) is 0.0690. The van der Waals surface area contributed by atoms with Gasteiger partial charge in [0.15, 0.2) is 0 Å². The molecule has 0 radical (unpaired) electrons. The minimum Gasteiger partial charge on any atom is -0.343 e. The lowest BCUT2D eigenvalue weighted by Gasteiger charge is -2.39. The number of carbonyl (C=O) groups excluding carboxylic acids is 3. The molecule has 43 heavy (non-hydrogen) atoms. The summed E-state index contributed by atoms with van der Waals surface area (Å²) in [7, 11) is 0. The zero-order chi connectivity index (χ0) is 30.7. The number of carbonyl (C=O) groups is 3. The molecule has 11 heteroatoms. The molecule has 4 amide bonds. The van der Waals surface area contributed by atoms with Crippen molar-refractivity contribution in [2.24, 2.45) is 5.92 Å². The highest BCUT2D eigenvalue weighted by atomic mass is 35.5. The number of urea groups is 1. The molecule has 3 heterocycles. The number of hydrogen-bond donors (Lipinski definition) is 2. The maximum atomic E-state index is 13.8. The quantitative estimate of drug-likeness (QED) is 0.332. The van der Waals surface area contributed by atoms with E-state index in [1.54, 1.807) is 25.1 Å². The van der Waals surface area contributed by atoms with Crippen LogP contribution in [0.5, 0.6) is 0 Å². The van der Waals surface area contributed by atoms with E-state index in [4.69, 9.17) is 34.8 Å². The third-order valence-electron chi connectivity index (χ3n) is 9.22. The van der Waals surface area contributed by atoms with Crippen molar-refractivity contribution >= 4 is 64.0 Å². The first-order valence-corrected chi connectivity index (χ1v) is 16.3. The van der Waals surface area contributed by atoms with E-state index in [9.17, 15) is 14.4 Å². The van der Waals surface area contributed by atoms with Crippen molar-refractivity contribution in [3.63, 3.8) is 0 Å². The second-order valence-corrected chi connectivity index (χ2v) is 13.3. The number of hydrogen-bond acceptors (Lipinski definition) is 4. The summed E-state index contributed by atoms with van der Waals surface area (Å²) < 4.78 is 0. The number of nitrogens with one attached hydrogen (secondary N) is 2. The van der Waals surface area contributed by atoms with Crippen molar-refractivity contribution in [3.8, 4) is 0 Å². The molecule has 0 aliphatic carbocycles. The molecule has 2 aromatic rings. The predicted molar refractivity (Wildman–Crippen MR) is 173 cm³/mol. The van der Waals surface area contributed by atoms with Crippen LogP contribution in [0.3, 0.4) is 0 Å². The van der Waals surface area contributed by atoms with Crippen LogP contribution in [0.2, 0.25) is 15.1 Å². The number of nitrogens with zero attached hydrogens (tertiary/aromatic N) is 3. The van der Waals surface area contributed by atoms with Gasteiger partial charge in [0.05, 0.1) is 10.0 Å². The highest BCUT2D eigenvalue weighted by Gasteiger charge is 2.41. The first-order chi connectivity index (χ1) is 20.6. The lowest BCUT2D eigenvalue weighted by atomic mass is 9.94. The molecular weight excluding hydrogens is 609 g/mol. The summed E-state index contributed by atoms with van der Waals surface area (Å²) in [6.45, 7) is 6.28. The lowest BCUT2D eigenvalue weighted by Crippen LogP contribution is -2.51. The second-order valence-electron chi connectivity index (χ2n) is 12.1. The van der Waals surface area contributed by atoms with Crippen LogP contribution in [0, 0.1) is 12.8 Å². The fraction of sp³-hybridized carbons (Fsp3) is 0.531. The van der Waals surface area contributed by atoms with E-state index in [1.807, 2.05) is 34.9 Å². The molecule has 3 aliphatic heterocycles. The van der Waals surface area contributed by atoms with Gasteiger partial charge in [0.2, 0.25) is 11.8 Å². The summed E-state index contributed by atoms with van der Waals surface area (Å²) in [6, 6.07) is 11.5. The van der Waals surface area contributed by atoms with Crippen molar-refractivity contribution in [1.29, 1.82) is 0 Å². The molecule has 0 spiro atoms. The zero-order valence-electron chi connectivity index (χ0n) is 24.8. The summed E-state index contributed by atoms with van der Waals surface area (Å²) in [4.78, 5) is 44.6. The number of fused-ring (bicyclic) bond motifs is 2. The summed E-state index contributed by atoms with van der Waals surface area (Å²) in [6.07, 6.45) is 6.22. The van der Waals surface area contributed by atoms with E-state index in [0.717, 1.165) is 49.9 Å². The fourth-order valence-corrected chi connectivity index (χ4v) is 7.35. The summed E-state index contributed by atoms with van der Waals surface area (Å²) in [5, 5.41) is 7.50. The van der Waals surface area contributed by atoms with Gasteiger partial charge in [-0.2, -0.15) is 0 Å². The smallest absolute Gasteiger partial charge is 0.319 e. The number of likely N-dealkylation sites (tertiary alicyclic amines) is 1. The van der Waals surface area contributed by atoms with Crippen LogP contribution in [0.4, 0.5) is 16.2 Å². The van der Waals surface area contributed by atoms with Crippen LogP contribution >= 0.6 is 34.8 Å². The van der Waals surface area contributed by atoms with Crippen LogP contribution in [0.15, 0.2) is 36.4 Å². The minimum atomic E-state index is -0.240. The van der Waals surface area contributed by atoms with Crippen molar-refractivity contribution in [2.75, 3.05) is 36.4 Å². The molecule has 2 atom stereocenters. The van der Waals surface area contributed by atoms with Crippen LogP contribution in [-0.2, 0) is 9.59 Å². The zero-order valence-corrected chi connectivity index (χ0v) is 27.0. The molecule has 2 bridgehead atoms. The number of piperidine rings is 2. The Morgan fingerprint density at radius 3 is 2.23 bits per heavy atom. The first kappa shape index (κ1) is 31.9. The molecule has 3 saturated heterocycles. The minimum absolute atomic E-state index is 0.0637. The van der Waals surface area contributed by atoms with Gasteiger partial charge in [-0.05, 0) is 87.8 Å². The lowest BCUT2D eigenvalue weighted by molar-refractivity contribution is -0.133. The molecular formula is C32H40Cl3N5O3. The summed E-state index contributed by atoms with van der Waals surface area (Å²) in [5.41, 5.74) is 2.41. The average molecular weight is 649 g/mol. The van der Waals surface area contributed by atoms with E-state index in [0.29, 0.717) is 65.3 Å². The molecule has 2 unspecified atom stereocenters. The maximum Gasteiger partial charge on any atom is 0.319 e. The van der Waals surface area contributed by atoms with Gasteiger partial charge in [-0.1, -0.05) is 40.9 Å². The number of benzene rings is 2. The van der Waals surface area contributed by atoms with Crippen LogP contribution in [0.25, 0.3) is 0 Å². The van der Waals surface area contributed by atoms with Crippen molar-refractivity contribution in [3.05, 3.63) is 57.0 Å². The average Bonchev–Trinajstić information content (AvgIpc) is 3.21. The van der Waals surface area contributed by atoms with Crippen molar-refractivity contribution < 1.29 is 14.4 Å². The van der Waals surface area contributed by atoms with E-state index in [-0.39, 0.29) is 29.8 Å². The summed E-state index contributed by atoms with van der Waals surface area (Å²) >= 11 is 18.5. The van der Waals surface area contributed by atoms with E-state index in [2.05, 4.69) is 15.5 Å². The molecule has 5 rings (SSSR count). The standard InChI is InChI=1S/C32H40Cl3N5O3/c1-20-4-6-27(19-29(20)34)40(31(42)22-10-14-38(15-11-22)21(2)41)13-3-12-39-25-7-8-26(39)17-24(16-25)37-32(43)36-23-5-9-28(33)30(35)18-23/h4-6,9,18-19,22,24-26H,3,7-8,10-17H2,1-2H3,(H2,36,37,43). The second kappa shape index (κ2) is 14.1. The van der Waals surface area contributed by atoms with E-state index >= 15 is 0 Å². The number of aryl methyl sites for hydroxylation is 1. The van der Waals surface area contributed by atoms with Gasteiger partial charge in [-0.25, -0.2) is 4.79 Å². The highest BCUT2D eigenvalue weighted by molar-refractivity contribution is 6.42. The molecule has 2 N–H and O–H groups in total. The Morgan fingerprint density at radius 2 is 1.60 bits per heavy atom. The van der Waals surface area contributed by atoms with Crippen molar-refractivity contribution in [1.82, 2.24) is 15.1 Å². The van der Waals surface area contributed by atoms with Gasteiger partial charge >= 0.3 is 6.03 Å². The third-order valence-corrected chi connectivity index (χ3v) is 10.4. The van der Waals surface area contributed by atoms with Gasteiger partial charge in [-0.3, -0.25) is 14.5 Å². The highest BCUT2D eigenvalue weighted by Crippen LogP contribution is 2.36. The number of halogens is 3. The van der Waals surface area contributed by atoms with Crippen LogP contribution in [0.1, 0.15) is 57.4 Å². The number of rotatable bonds is 8. The Hall–Kier alpha value is -2.52. The topological polar surface area (TPSA) is 85.0 Å². The van der Waals surface area contributed by atoms with Gasteiger partial charge in [0, 0.05) is 73.5 Å². The molecule has 2 aromatic carbocycles. The molecule has 3 aliphatic rings. The predicted octanol–water partition coefficient (Wildman–Crippen LogP) is 6.75. The Labute approximate surface area is 269 Å². The molecule has 8 nitrogen and oxygen atoms in total. The fourth-order valence-electron chi connectivity index (χ4n) is 6.87. The van der Waals surface area contributed by atoms with Crippen molar-refractivity contribution in [2.45, 2.75) is 76.9 Å². The SMILES string of the molecule is CC(=O)N1CCC(C(=O)N(CCCN2C3CCC2CC(NC(=O)Nc2ccc(Cl)c(Cl)c2)C3)c2ccc(C)c(Cl)c2)CC1. The van der Waals surface area contributed by atoms with E-state index in [1.165, 1.54) is 0 Å². The van der Waals surface area contributed by atoms with Gasteiger partial charge in [0.25, 0.3) is 0 Å². The largest absolute Gasteiger partial charge is 0.343 e. The normalized spacial score (nSPS) is 22.3. The number of anilines is 2. The molecule has 0 aromatic heterocycles. The Kier molecular flexibility index (Phi) is 10.4. The van der Waals surface area contributed by atoms with E-state index < -0.39 is 0 Å².